The van der Waals surface area contributed by atoms with Crippen LogP contribution in [0.2, 0.25) is 0 Å². The van der Waals surface area contributed by atoms with Crippen LogP contribution in [-0.4, -0.2) is 37.9 Å². The molecule has 0 unspecified atom stereocenters. The third-order valence-corrected chi connectivity index (χ3v) is 4.45. The average Bonchev–Trinajstić information content (AvgIpc) is 2.61. The minimum Gasteiger partial charge on any atom is -0.504 e. The molecule has 1 aliphatic heterocycles. The molecule has 128 valence electrons. The Kier molecular flexibility index (Phi) is 4.81. The summed E-state index contributed by atoms with van der Waals surface area (Å²) in [4.78, 5) is 2.38. The molecule has 0 spiro atoms. The van der Waals surface area contributed by atoms with Gasteiger partial charge in [-0.2, -0.15) is 0 Å². The standard InChI is InChI=1S/C19H23NO4/c1-22-17-5-4-13(8-19(17)24-3)11-20-7-6-14-9-16(21)18(23-2)10-15(14)12-20/h4-5,8-10,21H,6-7,11-12H2,1-3H3. The Balaban J connectivity index is 1.76. The SMILES string of the molecule is COc1cc2c(cc1O)CCN(Cc1ccc(OC)c(OC)c1)C2. The van der Waals surface area contributed by atoms with Gasteiger partial charge in [-0.3, -0.25) is 4.90 Å². The first-order valence-corrected chi connectivity index (χ1v) is 7.96. The second-order valence-electron chi connectivity index (χ2n) is 5.94. The van der Waals surface area contributed by atoms with Crippen LogP contribution in [0.15, 0.2) is 30.3 Å². The molecule has 1 N–H and O–H groups in total. The Morgan fingerprint density at radius 3 is 2.38 bits per heavy atom. The third kappa shape index (κ3) is 3.26. The van der Waals surface area contributed by atoms with Gasteiger partial charge in [-0.25, -0.2) is 0 Å². The van der Waals surface area contributed by atoms with Crippen LogP contribution in [0, 0.1) is 0 Å². The highest BCUT2D eigenvalue weighted by atomic mass is 16.5. The largest absolute Gasteiger partial charge is 0.504 e. The Labute approximate surface area is 142 Å². The number of phenols is 1. The van der Waals surface area contributed by atoms with Crippen LogP contribution < -0.4 is 14.2 Å². The van der Waals surface area contributed by atoms with Crippen LogP contribution in [0.25, 0.3) is 0 Å². The summed E-state index contributed by atoms with van der Waals surface area (Å²) in [6.45, 7) is 2.62. The molecule has 0 aliphatic carbocycles. The van der Waals surface area contributed by atoms with Crippen LogP contribution in [0.4, 0.5) is 0 Å². The Morgan fingerprint density at radius 1 is 0.917 bits per heavy atom. The zero-order valence-electron chi connectivity index (χ0n) is 14.3. The number of methoxy groups -OCH3 is 3. The number of aromatic hydroxyl groups is 1. The molecule has 0 radical (unpaired) electrons. The van der Waals surface area contributed by atoms with Gasteiger partial charge in [0.2, 0.25) is 0 Å². The van der Waals surface area contributed by atoms with E-state index in [0.29, 0.717) is 5.75 Å². The van der Waals surface area contributed by atoms with Gasteiger partial charge in [-0.15, -0.1) is 0 Å². The summed E-state index contributed by atoms with van der Waals surface area (Å²) in [5.74, 6) is 2.23. The molecule has 0 aromatic heterocycles. The fraction of sp³-hybridized carbons (Fsp3) is 0.368. The normalized spacial score (nSPS) is 14.1. The maximum atomic E-state index is 9.91. The summed E-state index contributed by atoms with van der Waals surface area (Å²) < 4.78 is 15.9. The number of benzene rings is 2. The van der Waals surface area contributed by atoms with Gasteiger partial charge in [-0.05, 0) is 47.4 Å². The van der Waals surface area contributed by atoms with Crippen molar-refractivity contribution in [1.82, 2.24) is 4.90 Å². The maximum absolute atomic E-state index is 9.91. The van der Waals surface area contributed by atoms with Crippen molar-refractivity contribution in [3.05, 3.63) is 47.0 Å². The van der Waals surface area contributed by atoms with Crippen molar-refractivity contribution in [2.45, 2.75) is 19.5 Å². The van der Waals surface area contributed by atoms with Crippen molar-refractivity contribution in [2.75, 3.05) is 27.9 Å². The number of phenolic OH excluding ortho intramolecular Hbond substituents is 1. The van der Waals surface area contributed by atoms with Crippen molar-refractivity contribution in [1.29, 1.82) is 0 Å². The van der Waals surface area contributed by atoms with E-state index in [1.807, 2.05) is 24.3 Å². The maximum Gasteiger partial charge on any atom is 0.161 e. The van der Waals surface area contributed by atoms with Gasteiger partial charge < -0.3 is 19.3 Å². The van der Waals surface area contributed by atoms with Crippen molar-refractivity contribution in [3.63, 3.8) is 0 Å². The van der Waals surface area contributed by atoms with E-state index in [0.717, 1.165) is 37.6 Å². The lowest BCUT2D eigenvalue weighted by atomic mass is 9.98. The summed E-state index contributed by atoms with van der Waals surface area (Å²) in [7, 11) is 4.87. The van der Waals surface area contributed by atoms with E-state index in [9.17, 15) is 5.11 Å². The van der Waals surface area contributed by atoms with E-state index in [2.05, 4.69) is 11.0 Å². The van der Waals surface area contributed by atoms with Crippen LogP contribution >= 0.6 is 0 Å². The predicted molar refractivity (Wildman–Crippen MR) is 92.0 cm³/mol. The lowest BCUT2D eigenvalue weighted by molar-refractivity contribution is 0.243. The summed E-state index contributed by atoms with van der Waals surface area (Å²) >= 11 is 0. The molecule has 24 heavy (non-hydrogen) atoms. The van der Waals surface area contributed by atoms with Crippen LogP contribution in [0.3, 0.4) is 0 Å². The summed E-state index contributed by atoms with van der Waals surface area (Å²) in [6.07, 6.45) is 0.917. The highest BCUT2D eigenvalue weighted by Crippen LogP contribution is 2.33. The Hall–Kier alpha value is -2.40. The van der Waals surface area contributed by atoms with Crippen molar-refractivity contribution < 1.29 is 19.3 Å². The highest BCUT2D eigenvalue weighted by Gasteiger charge is 2.19. The first-order valence-electron chi connectivity index (χ1n) is 7.96. The minimum atomic E-state index is 0.213. The predicted octanol–water partition coefficient (Wildman–Crippen LogP) is 2.98. The number of hydrogen-bond acceptors (Lipinski definition) is 5. The van der Waals surface area contributed by atoms with Gasteiger partial charge in [0.15, 0.2) is 23.0 Å². The van der Waals surface area contributed by atoms with Crippen LogP contribution in [0.1, 0.15) is 16.7 Å². The third-order valence-electron chi connectivity index (χ3n) is 4.45. The highest BCUT2D eigenvalue weighted by molar-refractivity contribution is 5.47. The fourth-order valence-electron chi connectivity index (χ4n) is 3.17. The van der Waals surface area contributed by atoms with Crippen LogP contribution in [-0.2, 0) is 19.5 Å². The first kappa shape index (κ1) is 16.5. The fourth-order valence-corrected chi connectivity index (χ4v) is 3.17. The molecule has 0 bridgehead atoms. The molecular weight excluding hydrogens is 306 g/mol. The van der Waals surface area contributed by atoms with Crippen molar-refractivity contribution >= 4 is 0 Å². The molecule has 1 heterocycles. The number of fused-ring (bicyclic) bond motifs is 1. The smallest absolute Gasteiger partial charge is 0.161 e. The quantitative estimate of drug-likeness (QED) is 0.914. The molecular formula is C19H23NO4. The van der Waals surface area contributed by atoms with Gasteiger partial charge in [0.1, 0.15) is 0 Å². The monoisotopic (exact) mass is 329 g/mol. The summed E-state index contributed by atoms with van der Waals surface area (Å²) in [5, 5.41) is 9.91. The van der Waals surface area contributed by atoms with Gasteiger partial charge >= 0.3 is 0 Å². The zero-order valence-corrected chi connectivity index (χ0v) is 14.3. The second-order valence-corrected chi connectivity index (χ2v) is 5.94. The topological polar surface area (TPSA) is 51.2 Å². The summed E-state index contributed by atoms with van der Waals surface area (Å²) in [5.41, 5.74) is 3.58. The molecule has 5 heteroatoms. The molecule has 0 fully saturated rings. The molecule has 0 amide bonds. The van der Waals surface area contributed by atoms with E-state index in [-0.39, 0.29) is 5.75 Å². The molecule has 5 nitrogen and oxygen atoms in total. The van der Waals surface area contributed by atoms with E-state index in [1.165, 1.54) is 16.7 Å². The number of nitrogens with zero attached hydrogens (tertiary/aromatic N) is 1. The summed E-state index contributed by atoms with van der Waals surface area (Å²) in [6, 6.07) is 9.78. The Bertz CT molecular complexity index is 730. The van der Waals surface area contributed by atoms with Crippen molar-refractivity contribution in [3.8, 4) is 23.0 Å². The van der Waals surface area contributed by atoms with Gasteiger partial charge in [-0.1, -0.05) is 6.07 Å². The van der Waals surface area contributed by atoms with E-state index in [4.69, 9.17) is 14.2 Å². The first-order chi connectivity index (χ1) is 11.6. The van der Waals surface area contributed by atoms with Gasteiger partial charge in [0.05, 0.1) is 21.3 Å². The van der Waals surface area contributed by atoms with E-state index >= 15 is 0 Å². The lowest BCUT2D eigenvalue weighted by Gasteiger charge is -2.29. The molecule has 1 aliphatic rings. The van der Waals surface area contributed by atoms with E-state index < -0.39 is 0 Å². The van der Waals surface area contributed by atoms with E-state index in [1.54, 1.807) is 21.3 Å². The molecule has 2 aromatic rings. The van der Waals surface area contributed by atoms with Crippen LogP contribution in [0.5, 0.6) is 23.0 Å². The molecule has 0 saturated carbocycles. The van der Waals surface area contributed by atoms with Crippen molar-refractivity contribution in [2.24, 2.45) is 0 Å². The number of rotatable bonds is 5. The second kappa shape index (κ2) is 7.01. The number of hydrogen-bond donors (Lipinski definition) is 1. The molecule has 0 saturated heterocycles. The molecule has 3 rings (SSSR count). The van der Waals surface area contributed by atoms with Gasteiger partial charge in [0, 0.05) is 19.6 Å². The molecule has 2 aromatic carbocycles. The van der Waals surface area contributed by atoms with Gasteiger partial charge in [0.25, 0.3) is 0 Å². The minimum absolute atomic E-state index is 0.213. The molecule has 0 atom stereocenters. The Morgan fingerprint density at radius 2 is 1.67 bits per heavy atom. The zero-order chi connectivity index (χ0) is 17.1. The lowest BCUT2D eigenvalue weighted by Crippen LogP contribution is -2.30. The average molecular weight is 329 g/mol. The number of ether oxygens (including phenoxy) is 3.